The van der Waals surface area contributed by atoms with E-state index in [1.807, 2.05) is 0 Å². The first-order valence-electron chi connectivity index (χ1n) is 21.9. The van der Waals surface area contributed by atoms with Crippen LogP contribution < -0.4 is 185 Å². The Morgan fingerprint density at radius 2 is 1.22 bits per heavy atom. The molecule has 2 amide bonds. The maximum absolute atomic E-state index is 14.4. The van der Waals surface area contributed by atoms with Crippen molar-refractivity contribution in [3.63, 3.8) is 0 Å². The summed E-state index contributed by atoms with van der Waals surface area (Å²) in [4.78, 5) is 59.7. The van der Waals surface area contributed by atoms with E-state index in [1.165, 1.54) is 54.6 Å². The molecule has 2 aliphatic rings. The van der Waals surface area contributed by atoms with Crippen LogP contribution in [0.2, 0.25) is 0 Å². The number of ketones is 2. The van der Waals surface area contributed by atoms with E-state index in [4.69, 9.17) is 10.5 Å². The molecule has 28 nitrogen and oxygen atoms in total. The maximum atomic E-state index is 14.4. The van der Waals surface area contributed by atoms with Crippen molar-refractivity contribution in [1.29, 1.82) is 0 Å². The molecule has 6 aromatic carbocycles. The van der Waals surface area contributed by atoms with Crippen LogP contribution in [0.5, 0.6) is 5.75 Å². The number of benzene rings is 6. The van der Waals surface area contributed by atoms with Gasteiger partial charge in [0, 0.05) is 44.9 Å². The van der Waals surface area contributed by atoms with Gasteiger partial charge >= 0.3 is 148 Å². The number of methoxy groups -OCH3 is 1. The van der Waals surface area contributed by atoms with Gasteiger partial charge in [0.15, 0.2) is 5.78 Å². The van der Waals surface area contributed by atoms with Crippen molar-refractivity contribution in [3.8, 4) is 5.75 Å². The first-order chi connectivity index (χ1) is 37.5. The molecule has 410 valence electrons. The molecular weight excluding hydrogens is 1250 g/mol. The number of hydrogen-bond acceptors (Lipinski definition) is 26. The van der Waals surface area contributed by atoms with Crippen LogP contribution >= 0.6 is 0 Å². The summed E-state index contributed by atoms with van der Waals surface area (Å²) in [7, 11) is -20.8. The summed E-state index contributed by atoms with van der Waals surface area (Å²) in [6.07, 6.45) is 3.67. The standard InChI is InChI=1S/C48H35N9O19S4.5Na/c1-76-39-22-36(55-54-35-12-8-27(19-40(35)79(70,71)72)50-46(60)24-5-3-7-28(15-24)52-53-29-9-13-38(58)34(18-29)48(62)63)33-20-30(77(64,65)66)10-11-32(33)43(39)56-57-44-41(80(73,74)75)17-25-16-31(78(67,68)69)21-37(42(25)45(44)59)51-47(61)23-4-2-6-26(49)14-23;;;;;/h2-22,52,56H,49H2,1H3,(H,50,60)(H,51,61)(H,62,63)(H,64,65,66)(H,67,68,69)(H,70,71,72)(H,73,74,75);;;;;/q;5*+1/p-5. The molecule has 2 aliphatic carbocycles. The molecule has 0 spiro atoms. The SMILES string of the molecule is COc1cc(N=Nc2ccc(NC(=O)c3cccc(NN=C4C=CC(=O)C(C(=O)[O-])=C4)c3)cc2S(=O)(=O)[O-])c2cc(S(=O)(=O)[O-])ccc2c1NN=C1C(=O)c2c(cc(S(=O)(=O)[O-])cc2NC(=O)c2cccc(N)c2)C=C1S(=O)(=O)[O-].[Na+].[Na+].[Na+].[Na+].[Na+]. The number of aliphatic carboxylic acids is 1. The molecule has 0 heterocycles. The van der Waals surface area contributed by atoms with Crippen molar-refractivity contribution in [2.75, 3.05) is 34.3 Å². The van der Waals surface area contributed by atoms with Gasteiger partial charge in [0.25, 0.3) is 11.8 Å². The number of carboxylic acid groups (broad SMARTS) is 1. The van der Waals surface area contributed by atoms with E-state index in [0.717, 1.165) is 61.7 Å². The summed E-state index contributed by atoms with van der Waals surface area (Å²) in [5.41, 5.74) is 5.44. The van der Waals surface area contributed by atoms with Gasteiger partial charge in [-0.1, -0.05) is 18.2 Å². The molecule has 0 atom stereocenters. The zero-order valence-electron chi connectivity index (χ0n) is 44.9. The average Bonchev–Trinajstić information content (AvgIpc) is 3.39. The average molecular weight is 1280 g/mol. The monoisotopic (exact) mass is 1280 g/mol. The predicted molar refractivity (Wildman–Crippen MR) is 276 cm³/mol. The number of amides is 2. The number of nitrogens with zero attached hydrogens (tertiary/aromatic N) is 4. The van der Waals surface area contributed by atoms with Crippen LogP contribution in [0.15, 0.2) is 167 Å². The van der Waals surface area contributed by atoms with Gasteiger partial charge < -0.3 is 49.2 Å². The van der Waals surface area contributed by atoms with E-state index in [-0.39, 0.29) is 204 Å². The van der Waals surface area contributed by atoms with Gasteiger partial charge in [-0.3, -0.25) is 30.0 Å². The summed E-state index contributed by atoms with van der Waals surface area (Å²) in [6.45, 7) is 0. The van der Waals surface area contributed by atoms with Crippen LogP contribution in [0.4, 0.5) is 39.8 Å². The van der Waals surface area contributed by atoms with Crippen LogP contribution in [0.3, 0.4) is 0 Å². The van der Waals surface area contributed by atoms with Crippen LogP contribution in [0.25, 0.3) is 16.8 Å². The number of hydrazone groups is 2. The summed E-state index contributed by atoms with van der Waals surface area (Å²) < 4.78 is 155. The Bertz CT molecular complexity index is 4450. The number of ether oxygens (including phenoxy) is 1. The Morgan fingerprint density at radius 1 is 0.588 bits per heavy atom. The molecule has 0 aromatic heterocycles. The van der Waals surface area contributed by atoms with Gasteiger partial charge in [0.2, 0.25) is 5.78 Å². The second kappa shape index (κ2) is 30.0. The normalized spacial score (nSPS) is 14.0. The smallest absolute Gasteiger partial charge is 0.744 e. The number of allylic oxidation sites excluding steroid dienone is 4. The minimum absolute atomic E-state index is 0. The molecule has 0 aliphatic heterocycles. The van der Waals surface area contributed by atoms with Gasteiger partial charge in [-0.2, -0.15) is 10.2 Å². The third-order valence-electron chi connectivity index (χ3n) is 11.3. The van der Waals surface area contributed by atoms with Crippen molar-refractivity contribution in [3.05, 3.63) is 154 Å². The number of hydrogen-bond donors (Lipinski definition) is 5. The summed E-state index contributed by atoms with van der Waals surface area (Å²) in [6, 6.07) is 18.4. The predicted octanol–water partition coefficient (Wildman–Crippen LogP) is -11.8. The molecular formula is C48H30N9Na5O19S4. The quantitative estimate of drug-likeness (QED) is 0.0114. The Morgan fingerprint density at radius 3 is 1.84 bits per heavy atom. The minimum Gasteiger partial charge on any atom is -0.744 e. The molecule has 0 bridgehead atoms. The molecule has 6 aromatic rings. The number of nitrogen functional groups attached to an aromatic ring is 1. The van der Waals surface area contributed by atoms with Crippen LogP contribution in [-0.4, -0.2) is 99.8 Å². The van der Waals surface area contributed by atoms with E-state index >= 15 is 0 Å². The van der Waals surface area contributed by atoms with E-state index in [9.17, 15) is 81.0 Å². The molecule has 37 heteroatoms. The Hall–Kier alpha value is -4.67. The zero-order chi connectivity index (χ0) is 58.2. The first kappa shape index (κ1) is 74.6. The number of carboxylic acids is 1. The molecule has 0 fully saturated rings. The number of carbonyl (C=O) groups is 5. The molecule has 85 heavy (non-hydrogen) atoms. The first-order valence-corrected chi connectivity index (χ1v) is 27.5. The number of carbonyl (C=O) groups excluding carboxylic acids is 5. The number of nitrogens with one attached hydrogen (secondary N) is 4. The van der Waals surface area contributed by atoms with Gasteiger partial charge in [-0.25, -0.2) is 33.7 Å². The van der Waals surface area contributed by atoms with Gasteiger partial charge in [-0.15, -0.1) is 10.2 Å². The van der Waals surface area contributed by atoms with Gasteiger partial charge in [0.1, 0.15) is 63.3 Å². The summed E-state index contributed by atoms with van der Waals surface area (Å²) >= 11 is 0. The Balaban J connectivity index is 0.00000378. The van der Waals surface area contributed by atoms with Crippen molar-refractivity contribution >= 4 is 138 Å². The molecule has 0 saturated heterocycles. The van der Waals surface area contributed by atoms with E-state index in [2.05, 4.69) is 41.9 Å². The largest absolute Gasteiger partial charge is 1.00 e. The van der Waals surface area contributed by atoms with Crippen molar-refractivity contribution in [1.82, 2.24) is 0 Å². The number of anilines is 5. The third kappa shape index (κ3) is 17.8. The van der Waals surface area contributed by atoms with Gasteiger partial charge in [0.05, 0.1) is 61.0 Å². The molecule has 0 unspecified atom stereocenters. The number of Topliss-reactive ketones (excluding diaryl/α,β-unsaturated/α-hetero) is 1. The summed E-state index contributed by atoms with van der Waals surface area (Å²) in [5, 5.41) is 31.2. The number of nitrogens with two attached hydrogens (primary N) is 1. The van der Waals surface area contributed by atoms with Crippen LogP contribution in [0.1, 0.15) is 36.6 Å². The fraction of sp³-hybridized carbons (Fsp3) is 0.0208. The molecule has 0 radical (unpaired) electrons. The number of fused-ring (bicyclic) bond motifs is 2. The van der Waals surface area contributed by atoms with E-state index < -0.39 is 129 Å². The molecule has 0 saturated carbocycles. The topological polar surface area (TPSA) is 470 Å². The Labute approximate surface area is 592 Å². The van der Waals surface area contributed by atoms with Crippen molar-refractivity contribution in [2.45, 2.75) is 14.7 Å². The fourth-order valence-corrected chi connectivity index (χ4v) is 9.95. The number of azo groups is 1. The second-order valence-electron chi connectivity index (χ2n) is 16.5. The third-order valence-corrected chi connectivity index (χ3v) is 14.6. The maximum Gasteiger partial charge on any atom is 1.00 e. The molecule has 8 rings (SSSR count). The van der Waals surface area contributed by atoms with Crippen molar-refractivity contribution < 1.29 is 233 Å². The van der Waals surface area contributed by atoms with E-state index in [0.29, 0.717) is 18.2 Å². The molecule has 6 N–H and O–H groups in total. The van der Waals surface area contributed by atoms with E-state index in [1.54, 1.807) is 0 Å². The summed E-state index contributed by atoms with van der Waals surface area (Å²) in [5.74, 6) is -6.16. The van der Waals surface area contributed by atoms with Gasteiger partial charge in [-0.05, 0) is 109 Å². The van der Waals surface area contributed by atoms with Crippen molar-refractivity contribution in [2.24, 2.45) is 20.4 Å². The minimum atomic E-state index is -5.74. The Kier molecular flexibility index (Phi) is 26.3. The fourth-order valence-electron chi connectivity index (χ4n) is 7.64. The number of rotatable bonds is 16. The van der Waals surface area contributed by atoms with Crippen LogP contribution in [0, 0.1) is 0 Å². The van der Waals surface area contributed by atoms with Crippen LogP contribution in [-0.2, 0) is 50.1 Å². The zero-order valence-corrected chi connectivity index (χ0v) is 58.1. The second-order valence-corrected chi connectivity index (χ2v) is 22.0.